The summed E-state index contributed by atoms with van der Waals surface area (Å²) in [7, 11) is 0. The Balaban J connectivity index is 1.91. The standard InChI is InChI=1S/C20H19ClN2O3/c1-11(2)13-5-7-14(8-6-13)23-19(25)17(21)18(20(23)26)22-15-10-12(3)4-9-16(15)24/h4-11,22,24H,1-3H3. The number of phenolic OH excluding ortho intramolecular Hbond substituents is 1. The second-order valence-corrected chi connectivity index (χ2v) is 6.90. The highest BCUT2D eigenvalue weighted by atomic mass is 35.5. The molecule has 2 aromatic rings. The monoisotopic (exact) mass is 370 g/mol. The van der Waals surface area contributed by atoms with Crippen molar-refractivity contribution < 1.29 is 14.7 Å². The summed E-state index contributed by atoms with van der Waals surface area (Å²) in [6, 6.07) is 12.1. The topological polar surface area (TPSA) is 69.6 Å². The van der Waals surface area contributed by atoms with Crippen molar-refractivity contribution in [2.75, 3.05) is 10.2 Å². The minimum absolute atomic E-state index is 0.0347. The third-order valence-electron chi connectivity index (χ3n) is 4.26. The summed E-state index contributed by atoms with van der Waals surface area (Å²) in [5.74, 6) is -0.841. The van der Waals surface area contributed by atoms with Gasteiger partial charge in [-0.15, -0.1) is 0 Å². The Morgan fingerprint density at radius 3 is 2.31 bits per heavy atom. The van der Waals surface area contributed by atoms with E-state index in [9.17, 15) is 14.7 Å². The van der Waals surface area contributed by atoms with E-state index < -0.39 is 11.8 Å². The zero-order chi connectivity index (χ0) is 19.0. The highest BCUT2D eigenvalue weighted by Crippen LogP contribution is 2.33. The van der Waals surface area contributed by atoms with Gasteiger partial charge in [-0.05, 0) is 48.2 Å². The summed E-state index contributed by atoms with van der Waals surface area (Å²) in [4.78, 5) is 26.3. The first-order valence-corrected chi connectivity index (χ1v) is 8.62. The first-order valence-electron chi connectivity index (χ1n) is 8.24. The molecule has 0 radical (unpaired) electrons. The maximum absolute atomic E-state index is 12.8. The third kappa shape index (κ3) is 3.18. The van der Waals surface area contributed by atoms with Crippen LogP contribution in [0.5, 0.6) is 5.75 Å². The Hall–Kier alpha value is -2.79. The van der Waals surface area contributed by atoms with Crippen LogP contribution in [0.3, 0.4) is 0 Å². The van der Waals surface area contributed by atoms with Crippen molar-refractivity contribution in [2.45, 2.75) is 26.7 Å². The van der Waals surface area contributed by atoms with E-state index in [1.54, 1.807) is 24.3 Å². The highest BCUT2D eigenvalue weighted by Gasteiger charge is 2.39. The average molecular weight is 371 g/mol. The van der Waals surface area contributed by atoms with Crippen molar-refractivity contribution in [3.8, 4) is 5.75 Å². The van der Waals surface area contributed by atoms with Gasteiger partial charge >= 0.3 is 0 Å². The first-order chi connectivity index (χ1) is 12.3. The second-order valence-electron chi connectivity index (χ2n) is 6.53. The van der Waals surface area contributed by atoms with E-state index in [2.05, 4.69) is 19.2 Å². The van der Waals surface area contributed by atoms with E-state index in [0.717, 1.165) is 16.0 Å². The molecule has 134 valence electrons. The fourth-order valence-electron chi connectivity index (χ4n) is 2.74. The molecule has 0 aromatic heterocycles. The van der Waals surface area contributed by atoms with Gasteiger partial charge in [0.15, 0.2) is 0 Å². The SMILES string of the molecule is Cc1ccc(O)c(NC2=C(Cl)C(=O)N(c3ccc(C(C)C)cc3)C2=O)c1. The number of aryl methyl sites for hydroxylation is 1. The molecule has 1 aliphatic heterocycles. The van der Waals surface area contributed by atoms with E-state index in [4.69, 9.17) is 11.6 Å². The largest absolute Gasteiger partial charge is 0.506 e. The van der Waals surface area contributed by atoms with Crippen LogP contribution in [0.1, 0.15) is 30.9 Å². The predicted molar refractivity (Wildman–Crippen MR) is 102 cm³/mol. The molecule has 1 aliphatic rings. The van der Waals surface area contributed by atoms with Gasteiger partial charge in [0.1, 0.15) is 16.5 Å². The zero-order valence-corrected chi connectivity index (χ0v) is 15.5. The van der Waals surface area contributed by atoms with Crippen LogP contribution < -0.4 is 10.2 Å². The normalized spacial score (nSPS) is 14.6. The molecule has 6 heteroatoms. The quantitative estimate of drug-likeness (QED) is 0.623. The number of benzene rings is 2. The van der Waals surface area contributed by atoms with Crippen molar-refractivity contribution in [1.82, 2.24) is 0 Å². The third-order valence-corrected chi connectivity index (χ3v) is 4.61. The van der Waals surface area contributed by atoms with Gasteiger partial charge in [0.25, 0.3) is 11.8 Å². The summed E-state index contributed by atoms with van der Waals surface area (Å²) < 4.78 is 0. The van der Waals surface area contributed by atoms with Gasteiger partial charge in [0.2, 0.25) is 0 Å². The number of imide groups is 1. The fourth-order valence-corrected chi connectivity index (χ4v) is 2.95. The van der Waals surface area contributed by atoms with E-state index in [1.807, 2.05) is 19.1 Å². The van der Waals surface area contributed by atoms with Gasteiger partial charge in [-0.3, -0.25) is 9.59 Å². The maximum Gasteiger partial charge on any atom is 0.283 e. The summed E-state index contributed by atoms with van der Waals surface area (Å²) in [5, 5.41) is 12.6. The highest BCUT2D eigenvalue weighted by molar-refractivity contribution is 6.53. The molecule has 0 saturated heterocycles. The smallest absolute Gasteiger partial charge is 0.283 e. The van der Waals surface area contributed by atoms with Crippen molar-refractivity contribution in [3.63, 3.8) is 0 Å². The minimum atomic E-state index is -0.594. The van der Waals surface area contributed by atoms with Crippen LogP contribution in [0, 0.1) is 6.92 Å². The summed E-state index contributed by atoms with van der Waals surface area (Å²) in [6.07, 6.45) is 0. The zero-order valence-electron chi connectivity index (χ0n) is 14.7. The number of phenols is 1. The van der Waals surface area contributed by atoms with Crippen LogP contribution in [0.25, 0.3) is 0 Å². The first kappa shape index (κ1) is 18.0. The van der Waals surface area contributed by atoms with Crippen molar-refractivity contribution in [2.24, 2.45) is 0 Å². The van der Waals surface area contributed by atoms with E-state index in [1.165, 1.54) is 6.07 Å². The average Bonchev–Trinajstić information content (AvgIpc) is 2.81. The van der Waals surface area contributed by atoms with Gasteiger partial charge in [-0.2, -0.15) is 0 Å². The van der Waals surface area contributed by atoms with E-state index >= 15 is 0 Å². The second kappa shape index (κ2) is 6.84. The number of rotatable bonds is 4. The molecular weight excluding hydrogens is 352 g/mol. The van der Waals surface area contributed by atoms with Gasteiger partial charge in [0, 0.05) is 0 Å². The van der Waals surface area contributed by atoms with Crippen LogP contribution in [0.4, 0.5) is 11.4 Å². The number of carbonyl (C=O) groups excluding carboxylic acids is 2. The molecule has 5 nitrogen and oxygen atoms in total. The summed E-state index contributed by atoms with van der Waals surface area (Å²) >= 11 is 6.12. The van der Waals surface area contributed by atoms with Crippen LogP contribution in [0.2, 0.25) is 0 Å². The van der Waals surface area contributed by atoms with Gasteiger partial charge in [-0.25, -0.2) is 4.90 Å². The molecule has 2 amide bonds. The Morgan fingerprint density at radius 1 is 1.04 bits per heavy atom. The number of carbonyl (C=O) groups is 2. The summed E-state index contributed by atoms with van der Waals surface area (Å²) in [6.45, 7) is 5.98. The van der Waals surface area contributed by atoms with E-state index in [-0.39, 0.29) is 16.5 Å². The van der Waals surface area contributed by atoms with Crippen LogP contribution in [0.15, 0.2) is 53.2 Å². The Labute approximate surface area is 156 Å². The molecule has 26 heavy (non-hydrogen) atoms. The van der Waals surface area contributed by atoms with Gasteiger partial charge in [0.05, 0.1) is 11.4 Å². The van der Waals surface area contributed by atoms with Crippen molar-refractivity contribution in [3.05, 3.63) is 64.3 Å². The molecular formula is C20H19ClN2O3. The number of hydrogen-bond donors (Lipinski definition) is 2. The number of nitrogens with one attached hydrogen (secondary N) is 1. The molecule has 0 bridgehead atoms. The van der Waals surface area contributed by atoms with Crippen LogP contribution in [-0.2, 0) is 9.59 Å². The fraction of sp³-hybridized carbons (Fsp3) is 0.200. The van der Waals surface area contributed by atoms with Crippen LogP contribution in [-0.4, -0.2) is 16.9 Å². The maximum atomic E-state index is 12.8. The molecule has 0 unspecified atom stereocenters. The Kier molecular flexibility index (Phi) is 4.74. The lowest BCUT2D eigenvalue weighted by Gasteiger charge is -2.16. The molecule has 0 fully saturated rings. The lowest BCUT2D eigenvalue weighted by molar-refractivity contribution is -0.120. The number of nitrogens with zero attached hydrogens (tertiary/aromatic N) is 1. The van der Waals surface area contributed by atoms with Crippen molar-refractivity contribution >= 4 is 34.8 Å². The summed E-state index contributed by atoms with van der Waals surface area (Å²) in [5.41, 5.74) is 2.71. The predicted octanol–water partition coefficient (Wildman–Crippen LogP) is 4.26. The molecule has 0 atom stereocenters. The number of amides is 2. The minimum Gasteiger partial charge on any atom is -0.506 e. The van der Waals surface area contributed by atoms with Crippen LogP contribution >= 0.6 is 11.6 Å². The number of hydrogen-bond acceptors (Lipinski definition) is 4. The Morgan fingerprint density at radius 2 is 1.69 bits per heavy atom. The molecule has 0 spiro atoms. The van der Waals surface area contributed by atoms with Gasteiger partial charge < -0.3 is 10.4 Å². The lowest BCUT2D eigenvalue weighted by atomic mass is 10.0. The number of aromatic hydroxyl groups is 1. The number of anilines is 2. The van der Waals surface area contributed by atoms with Gasteiger partial charge in [-0.1, -0.05) is 43.6 Å². The molecule has 3 rings (SSSR count). The lowest BCUT2D eigenvalue weighted by Crippen LogP contribution is -2.32. The molecule has 0 saturated carbocycles. The van der Waals surface area contributed by atoms with E-state index in [0.29, 0.717) is 17.3 Å². The molecule has 1 heterocycles. The Bertz CT molecular complexity index is 917. The molecule has 2 N–H and O–H groups in total. The molecule has 0 aliphatic carbocycles. The number of halogens is 1. The molecule has 2 aromatic carbocycles. The van der Waals surface area contributed by atoms with Crippen molar-refractivity contribution in [1.29, 1.82) is 0 Å².